The topological polar surface area (TPSA) is 101 Å². The Morgan fingerprint density at radius 3 is 2.38 bits per heavy atom. The van der Waals surface area contributed by atoms with Crippen LogP contribution in [0.5, 0.6) is 0 Å². The van der Waals surface area contributed by atoms with Gasteiger partial charge in [-0.25, -0.2) is 0 Å². The van der Waals surface area contributed by atoms with Gasteiger partial charge in [-0.05, 0) is 50.3 Å². The maximum absolute atomic E-state index is 11.9. The highest BCUT2D eigenvalue weighted by atomic mass is 16.5. The molecular weight excluding hydrogens is 336 g/mol. The quantitative estimate of drug-likeness (QED) is 0.587. The molecule has 7 nitrogen and oxygen atoms in total. The molecular formula is C19H26N2O5. The van der Waals surface area contributed by atoms with Crippen LogP contribution in [0.3, 0.4) is 0 Å². The van der Waals surface area contributed by atoms with Crippen LogP contribution in [0.25, 0.3) is 6.08 Å². The smallest absolute Gasteiger partial charge is 0.303 e. The number of carbonyl (C=O) groups excluding carboxylic acids is 1. The van der Waals surface area contributed by atoms with Crippen molar-refractivity contribution in [2.75, 3.05) is 14.2 Å². The standard InChI is InChI=1S/C19H26N2O5/c1-11-12(2)14(20-13(11)8-6-5-7-9-16(22)23)10-15-17(25-3)18(26-4)19(24)21-15/h10,20H,5-9H2,1-4H3,(H,21,24)(H,22,23)/b15-10-. The highest BCUT2D eigenvalue weighted by Gasteiger charge is 2.29. The van der Waals surface area contributed by atoms with Crippen LogP contribution >= 0.6 is 0 Å². The minimum Gasteiger partial charge on any atom is -0.491 e. The number of unbranched alkanes of at least 4 members (excludes halogenated alkanes) is 2. The van der Waals surface area contributed by atoms with Gasteiger partial charge in [-0.3, -0.25) is 9.59 Å². The zero-order valence-electron chi connectivity index (χ0n) is 15.7. The van der Waals surface area contributed by atoms with E-state index in [1.165, 1.54) is 19.8 Å². The Morgan fingerprint density at radius 1 is 1.08 bits per heavy atom. The van der Waals surface area contributed by atoms with Crippen LogP contribution in [0.4, 0.5) is 0 Å². The third kappa shape index (κ3) is 4.28. The first-order valence-corrected chi connectivity index (χ1v) is 8.64. The molecule has 1 aliphatic rings. The molecule has 0 saturated carbocycles. The monoisotopic (exact) mass is 362 g/mol. The van der Waals surface area contributed by atoms with E-state index in [1.54, 1.807) is 0 Å². The summed E-state index contributed by atoms with van der Waals surface area (Å²) >= 11 is 0. The summed E-state index contributed by atoms with van der Waals surface area (Å²) in [6, 6.07) is 0. The van der Waals surface area contributed by atoms with E-state index < -0.39 is 5.97 Å². The number of methoxy groups -OCH3 is 2. The van der Waals surface area contributed by atoms with Crippen molar-refractivity contribution in [3.63, 3.8) is 0 Å². The van der Waals surface area contributed by atoms with E-state index in [1.807, 2.05) is 13.0 Å². The summed E-state index contributed by atoms with van der Waals surface area (Å²) < 4.78 is 10.4. The van der Waals surface area contributed by atoms with Crippen LogP contribution in [0.1, 0.15) is 48.2 Å². The summed E-state index contributed by atoms with van der Waals surface area (Å²) in [4.78, 5) is 25.9. The van der Waals surface area contributed by atoms with E-state index in [0.29, 0.717) is 17.9 Å². The Labute approximate surface area is 153 Å². The van der Waals surface area contributed by atoms with Gasteiger partial charge in [0.05, 0.1) is 19.9 Å². The van der Waals surface area contributed by atoms with E-state index in [-0.39, 0.29) is 18.1 Å². The highest BCUT2D eigenvalue weighted by molar-refractivity contribution is 5.99. The molecule has 0 unspecified atom stereocenters. The number of carbonyl (C=O) groups is 2. The van der Waals surface area contributed by atoms with Crippen molar-refractivity contribution in [2.24, 2.45) is 0 Å². The molecule has 1 amide bonds. The maximum atomic E-state index is 11.9. The van der Waals surface area contributed by atoms with Gasteiger partial charge in [0, 0.05) is 17.8 Å². The highest BCUT2D eigenvalue weighted by Crippen LogP contribution is 2.27. The van der Waals surface area contributed by atoms with Gasteiger partial charge in [0.15, 0.2) is 5.76 Å². The molecule has 1 aromatic rings. The summed E-state index contributed by atoms with van der Waals surface area (Å²) in [5, 5.41) is 11.4. The Balaban J connectivity index is 2.13. The lowest BCUT2D eigenvalue weighted by molar-refractivity contribution is -0.137. The molecule has 3 N–H and O–H groups in total. The number of aryl methyl sites for hydroxylation is 1. The summed E-state index contributed by atoms with van der Waals surface area (Å²) in [5.41, 5.74) is 4.88. The molecule has 0 radical (unpaired) electrons. The fourth-order valence-corrected chi connectivity index (χ4v) is 3.02. The molecule has 0 bridgehead atoms. The van der Waals surface area contributed by atoms with E-state index in [4.69, 9.17) is 14.6 Å². The molecule has 1 aliphatic heterocycles. The maximum Gasteiger partial charge on any atom is 0.303 e. The SMILES string of the molecule is COC1=C(OC)/C(=C/c2[nH]c(CCCCCC(=O)O)c(C)c2C)NC1=O. The second-order valence-corrected chi connectivity index (χ2v) is 6.30. The van der Waals surface area contributed by atoms with Crippen molar-refractivity contribution < 1.29 is 24.2 Å². The van der Waals surface area contributed by atoms with Crippen LogP contribution in [0, 0.1) is 13.8 Å². The Kier molecular flexibility index (Phi) is 6.49. The lowest BCUT2D eigenvalue weighted by Crippen LogP contribution is -2.17. The van der Waals surface area contributed by atoms with E-state index in [2.05, 4.69) is 17.2 Å². The lowest BCUT2D eigenvalue weighted by Gasteiger charge is -2.04. The van der Waals surface area contributed by atoms with Crippen molar-refractivity contribution in [1.82, 2.24) is 10.3 Å². The number of carboxylic acid groups (broad SMARTS) is 1. The number of aliphatic carboxylic acids is 1. The molecule has 142 valence electrons. The normalized spacial score (nSPS) is 15.5. The van der Waals surface area contributed by atoms with Gasteiger partial charge in [-0.2, -0.15) is 0 Å². The molecule has 0 aliphatic carbocycles. The number of ether oxygens (including phenoxy) is 2. The number of nitrogens with one attached hydrogen (secondary N) is 2. The summed E-state index contributed by atoms with van der Waals surface area (Å²) in [5.74, 6) is -0.519. The van der Waals surface area contributed by atoms with Crippen LogP contribution in [0.15, 0.2) is 17.2 Å². The van der Waals surface area contributed by atoms with Crippen molar-refractivity contribution in [3.05, 3.63) is 39.7 Å². The molecule has 0 spiro atoms. The predicted molar refractivity (Wildman–Crippen MR) is 97.2 cm³/mol. The Hall–Kier alpha value is -2.70. The number of hydrogen-bond donors (Lipinski definition) is 3. The molecule has 1 aromatic heterocycles. The zero-order chi connectivity index (χ0) is 19.3. The molecule has 2 heterocycles. The van der Waals surface area contributed by atoms with Gasteiger partial charge in [-0.1, -0.05) is 6.42 Å². The first kappa shape index (κ1) is 19.6. The summed E-state index contributed by atoms with van der Waals surface area (Å²) in [6.07, 6.45) is 5.42. The van der Waals surface area contributed by atoms with Crippen molar-refractivity contribution >= 4 is 18.0 Å². The van der Waals surface area contributed by atoms with Crippen molar-refractivity contribution in [3.8, 4) is 0 Å². The van der Waals surface area contributed by atoms with Gasteiger partial charge in [-0.15, -0.1) is 0 Å². The minimum absolute atomic E-state index is 0.165. The van der Waals surface area contributed by atoms with Gasteiger partial charge in [0.2, 0.25) is 5.76 Å². The first-order valence-electron chi connectivity index (χ1n) is 8.64. The molecule has 0 saturated heterocycles. The van der Waals surface area contributed by atoms with E-state index >= 15 is 0 Å². The average molecular weight is 362 g/mol. The first-order chi connectivity index (χ1) is 12.4. The fraction of sp³-hybridized carbons (Fsp3) is 0.474. The second-order valence-electron chi connectivity index (χ2n) is 6.30. The van der Waals surface area contributed by atoms with Crippen LogP contribution in [-0.2, 0) is 25.5 Å². The van der Waals surface area contributed by atoms with Crippen molar-refractivity contribution in [2.45, 2.75) is 46.0 Å². The van der Waals surface area contributed by atoms with E-state index in [9.17, 15) is 9.59 Å². The molecule has 2 rings (SSSR count). The third-order valence-corrected chi connectivity index (χ3v) is 4.62. The molecule has 0 atom stereocenters. The van der Waals surface area contributed by atoms with Crippen LogP contribution < -0.4 is 5.32 Å². The van der Waals surface area contributed by atoms with Gasteiger partial charge >= 0.3 is 5.97 Å². The minimum atomic E-state index is -0.748. The number of hydrogen-bond acceptors (Lipinski definition) is 4. The average Bonchev–Trinajstić information content (AvgIpc) is 3.04. The van der Waals surface area contributed by atoms with Gasteiger partial charge < -0.3 is 24.9 Å². The number of H-pyrrole nitrogens is 1. The number of aromatic nitrogens is 1. The Morgan fingerprint density at radius 2 is 1.77 bits per heavy atom. The number of amides is 1. The molecule has 0 fully saturated rings. The summed E-state index contributed by atoms with van der Waals surface area (Å²) in [6.45, 7) is 4.08. The number of rotatable bonds is 9. The van der Waals surface area contributed by atoms with Gasteiger partial charge in [0.25, 0.3) is 5.91 Å². The van der Waals surface area contributed by atoms with Crippen molar-refractivity contribution in [1.29, 1.82) is 0 Å². The predicted octanol–water partition coefficient (Wildman–Crippen LogP) is 2.79. The van der Waals surface area contributed by atoms with Crippen LogP contribution in [0.2, 0.25) is 0 Å². The molecule has 0 aromatic carbocycles. The number of aromatic amines is 1. The largest absolute Gasteiger partial charge is 0.491 e. The van der Waals surface area contributed by atoms with Crippen LogP contribution in [-0.4, -0.2) is 36.2 Å². The fourth-order valence-electron chi connectivity index (χ4n) is 3.02. The lowest BCUT2D eigenvalue weighted by atomic mass is 10.1. The second kappa shape index (κ2) is 8.60. The Bertz CT molecular complexity index is 758. The molecule has 7 heteroatoms. The van der Waals surface area contributed by atoms with E-state index in [0.717, 1.165) is 36.2 Å². The molecule has 26 heavy (non-hydrogen) atoms. The number of carboxylic acids is 1. The third-order valence-electron chi connectivity index (χ3n) is 4.62. The van der Waals surface area contributed by atoms with Gasteiger partial charge in [0.1, 0.15) is 0 Å². The summed E-state index contributed by atoms with van der Waals surface area (Å²) in [7, 11) is 2.93. The zero-order valence-corrected chi connectivity index (χ0v) is 15.7.